The van der Waals surface area contributed by atoms with Crippen molar-refractivity contribution in [3.8, 4) is 11.1 Å². The van der Waals surface area contributed by atoms with E-state index in [2.05, 4.69) is 34.9 Å². The molecule has 2 fully saturated rings. The molecule has 0 bridgehead atoms. The van der Waals surface area contributed by atoms with Crippen LogP contribution in [0.2, 0.25) is 0 Å². The summed E-state index contributed by atoms with van der Waals surface area (Å²) in [4.78, 5) is 36.1. The number of carbonyl (C=O) groups excluding carboxylic acids is 2. The standard InChI is InChI=1S/C26H28N2O5/c29-24(28-23(25(30)31)11-15-9-10-15)21-12-16(21)13-27-26(32)33-14-22-19-7-3-1-5-17(19)18-6-2-4-8-20(18)22/h1-8,15-16,21-23H,9-14H2,(H,27,32)(H,28,29)(H,30,31)/t16-,21-,23-/m0/s1. The zero-order valence-electron chi connectivity index (χ0n) is 18.3. The van der Waals surface area contributed by atoms with Crippen molar-refractivity contribution in [3.05, 3.63) is 59.7 Å². The first-order valence-electron chi connectivity index (χ1n) is 11.6. The first-order chi connectivity index (χ1) is 16.0. The molecule has 0 aromatic heterocycles. The van der Waals surface area contributed by atoms with Crippen molar-refractivity contribution in [1.82, 2.24) is 10.6 Å². The highest BCUT2D eigenvalue weighted by atomic mass is 16.5. The minimum atomic E-state index is -0.982. The Balaban J connectivity index is 1.09. The number of hydrogen-bond acceptors (Lipinski definition) is 4. The van der Waals surface area contributed by atoms with Gasteiger partial charge in [-0.1, -0.05) is 61.4 Å². The number of nitrogens with one attached hydrogen (secondary N) is 2. The largest absolute Gasteiger partial charge is 0.480 e. The second kappa shape index (κ2) is 8.89. The number of fused-ring (bicyclic) bond motifs is 3. The molecule has 3 N–H and O–H groups in total. The molecule has 2 aromatic rings. The molecule has 0 unspecified atom stereocenters. The van der Waals surface area contributed by atoms with E-state index in [1.807, 2.05) is 24.3 Å². The van der Waals surface area contributed by atoms with E-state index in [1.165, 1.54) is 11.1 Å². The van der Waals surface area contributed by atoms with Crippen LogP contribution in [0, 0.1) is 17.8 Å². The molecule has 2 saturated carbocycles. The summed E-state index contributed by atoms with van der Waals surface area (Å²) in [5.74, 6) is -1.04. The molecule has 5 rings (SSSR count). The van der Waals surface area contributed by atoms with Crippen molar-refractivity contribution in [3.63, 3.8) is 0 Å². The van der Waals surface area contributed by atoms with E-state index in [4.69, 9.17) is 4.74 Å². The Bertz CT molecular complexity index is 1030. The maximum atomic E-state index is 12.4. The van der Waals surface area contributed by atoms with Gasteiger partial charge >= 0.3 is 12.1 Å². The second-order valence-corrected chi connectivity index (χ2v) is 9.39. The first kappa shape index (κ1) is 21.5. The highest BCUT2D eigenvalue weighted by molar-refractivity contribution is 5.87. The number of amides is 2. The molecule has 2 aromatic carbocycles. The van der Waals surface area contributed by atoms with Crippen LogP contribution in [0.15, 0.2) is 48.5 Å². The number of carboxylic acids is 1. The number of hydrogen-bond donors (Lipinski definition) is 3. The van der Waals surface area contributed by atoms with Gasteiger partial charge in [0.2, 0.25) is 5.91 Å². The molecule has 0 saturated heterocycles. The molecule has 0 spiro atoms. The van der Waals surface area contributed by atoms with Gasteiger partial charge in [0.05, 0.1) is 0 Å². The summed E-state index contributed by atoms with van der Waals surface area (Å²) < 4.78 is 5.53. The zero-order valence-corrected chi connectivity index (χ0v) is 18.3. The van der Waals surface area contributed by atoms with Gasteiger partial charge in [-0.15, -0.1) is 0 Å². The van der Waals surface area contributed by atoms with E-state index in [0.717, 1.165) is 24.0 Å². The smallest absolute Gasteiger partial charge is 0.407 e. The van der Waals surface area contributed by atoms with Gasteiger partial charge in [0.15, 0.2) is 0 Å². The molecular weight excluding hydrogens is 420 g/mol. The summed E-state index contributed by atoms with van der Waals surface area (Å²) in [5, 5.41) is 14.8. The monoisotopic (exact) mass is 448 g/mol. The summed E-state index contributed by atoms with van der Waals surface area (Å²) in [6, 6.07) is 15.5. The molecule has 0 aliphatic heterocycles. The Morgan fingerprint density at radius 2 is 1.64 bits per heavy atom. The van der Waals surface area contributed by atoms with Gasteiger partial charge in [-0.25, -0.2) is 9.59 Å². The van der Waals surface area contributed by atoms with Gasteiger partial charge in [-0.2, -0.15) is 0 Å². The van der Waals surface area contributed by atoms with Gasteiger partial charge < -0.3 is 20.5 Å². The minimum Gasteiger partial charge on any atom is -0.480 e. The van der Waals surface area contributed by atoms with Crippen LogP contribution in [-0.2, 0) is 14.3 Å². The average molecular weight is 449 g/mol. The fourth-order valence-corrected chi connectivity index (χ4v) is 4.85. The molecule has 0 heterocycles. The lowest BCUT2D eigenvalue weighted by Crippen LogP contribution is -2.42. The van der Waals surface area contributed by atoms with Crippen LogP contribution in [0.1, 0.15) is 42.7 Å². The van der Waals surface area contributed by atoms with E-state index < -0.39 is 18.1 Å². The molecule has 2 amide bonds. The molecule has 7 heteroatoms. The molecule has 3 aliphatic rings. The third-order valence-electron chi connectivity index (χ3n) is 6.99. The average Bonchev–Trinajstić information content (AvgIpc) is 3.74. The molecular formula is C26H28N2O5. The first-order valence-corrected chi connectivity index (χ1v) is 11.6. The predicted octanol–water partition coefficient (Wildman–Crippen LogP) is 3.53. The van der Waals surface area contributed by atoms with E-state index in [-0.39, 0.29) is 30.3 Å². The van der Waals surface area contributed by atoms with Crippen LogP contribution in [0.4, 0.5) is 4.79 Å². The number of carboxylic acid groups (broad SMARTS) is 1. The quantitative estimate of drug-likeness (QED) is 0.544. The van der Waals surface area contributed by atoms with Crippen LogP contribution in [0.5, 0.6) is 0 Å². The van der Waals surface area contributed by atoms with Gasteiger partial charge in [0, 0.05) is 18.4 Å². The molecule has 3 aliphatic carbocycles. The minimum absolute atomic E-state index is 0.00187. The second-order valence-electron chi connectivity index (χ2n) is 9.39. The van der Waals surface area contributed by atoms with Crippen LogP contribution in [-0.4, -0.2) is 42.3 Å². The molecule has 3 atom stereocenters. The maximum absolute atomic E-state index is 12.4. The highest BCUT2D eigenvalue weighted by Gasteiger charge is 2.44. The van der Waals surface area contributed by atoms with Crippen molar-refractivity contribution in [1.29, 1.82) is 0 Å². The third kappa shape index (κ3) is 4.72. The predicted molar refractivity (Wildman–Crippen MR) is 122 cm³/mol. The Hall–Kier alpha value is -3.35. The van der Waals surface area contributed by atoms with E-state index in [9.17, 15) is 19.5 Å². The van der Waals surface area contributed by atoms with E-state index in [0.29, 0.717) is 25.3 Å². The summed E-state index contributed by atoms with van der Waals surface area (Å²) >= 11 is 0. The third-order valence-corrected chi connectivity index (χ3v) is 6.99. The van der Waals surface area contributed by atoms with Crippen LogP contribution in [0.3, 0.4) is 0 Å². The number of carbonyl (C=O) groups is 3. The number of alkyl carbamates (subject to hydrolysis) is 1. The van der Waals surface area contributed by atoms with Crippen molar-refractivity contribution in [2.75, 3.05) is 13.2 Å². The Labute approximate surface area is 192 Å². The van der Waals surface area contributed by atoms with E-state index in [1.54, 1.807) is 0 Å². The Morgan fingerprint density at radius 1 is 1.00 bits per heavy atom. The van der Waals surface area contributed by atoms with Crippen molar-refractivity contribution < 1.29 is 24.2 Å². The van der Waals surface area contributed by atoms with Crippen molar-refractivity contribution in [2.45, 2.75) is 37.6 Å². The SMILES string of the molecule is O=C(NC[C@@H]1C[C@@H]1C(=O)N[C@@H](CC1CC1)C(=O)O)OCC1c2ccccc2-c2ccccc21. The molecule has 0 radical (unpaired) electrons. The van der Waals surface area contributed by atoms with Gasteiger partial charge in [0.1, 0.15) is 12.6 Å². The fourth-order valence-electron chi connectivity index (χ4n) is 4.85. The van der Waals surface area contributed by atoms with Crippen LogP contribution >= 0.6 is 0 Å². The van der Waals surface area contributed by atoms with Gasteiger partial charge in [-0.05, 0) is 46.9 Å². The maximum Gasteiger partial charge on any atom is 0.407 e. The highest BCUT2D eigenvalue weighted by Crippen LogP contribution is 2.44. The van der Waals surface area contributed by atoms with Crippen LogP contribution in [0.25, 0.3) is 11.1 Å². The lowest BCUT2D eigenvalue weighted by molar-refractivity contribution is -0.142. The van der Waals surface area contributed by atoms with E-state index >= 15 is 0 Å². The van der Waals surface area contributed by atoms with Crippen LogP contribution < -0.4 is 10.6 Å². The molecule has 7 nitrogen and oxygen atoms in total. The van der Waals surface area contributed by atoms with Gasteiger partial charge in [0.25, 0.3) is 0 Å². The lowest BCUT2D eigenvalue weighted by atomic mass is 9.98. The fraction of sp³-hybridized carbons (Fsp3) is 0.423. The lowest BCUT2D eigenvalue weighted by Gasteiger charge is -2.15. The normalized spacial score (nSPS) is 21.5. The number of rotatable bonds is 9. The van der Waals surface area contributed by atoms with Crippen molar-refractivity contribution >= 4 is 18.0 Å². The number of ether oxygens (including phenoxy) is 1. The molecule has 33 heavy (non-hydrogen) atoms. The number of benzene rings is 2. The number of aliphatic carboxylic acids is 1. The summed E-state index contributed by atoms with van der Waals surface area (Å²) in [5.41, 5.74) is 4.67. The topological polar surface area (TPSA) is 105 Å². The molecule has 172 valence electrons. The zero-order chi connectivity index (χ0) is 22.9. The Morgan fingerprint density at radius 3 is 2.24 bits per heavy atom. The van der Waals surface area contributed by atoms with Crippen molar-refractivity contribution in [2.24, 2.45) is 17.8 Å². The summed E-state index contributed by atoms with van der Waals surface area (Å²) in [7, 11) is 0. The summed E-state index contributed by atoms with van der Waals surface area (Å²) in [6.45, 7) is 0.588. The Kier molecular flexibility index (Phi) is 5.79. The van der Waals surface area contributed by atoms with Gasteiger partial charge in [-0.3, -0.25) is 4.79 Å². The summed E-state index contributed by atoms with van der Waals surface area (Å²) in [6.07, 6.45) is 2.72.